The summed E-state index contributed by atoms with van der Waals surface area (Å²) >= 11 is 5.27. The van der Waals surface area contributed by atoms with E-state index in [2.05, 4.69) is 22.9 Å². The van der Waals surface area contributed by atoms with Crippen LogP contribution in [0.4, 0.5) is 11.4 Å². The molecule has 6 nitrogen and oxygen atoms in total. The quantitative estimate of drug-likeness (QED) is 0.264. The highest BCUT2D eigenvalue weighted by molar-refractivity contribution is 7.80. The fourth-order valence-corrected chi connectivity index (χ4v) is 3.37. The predicted molar refractivity (Wildman–Crippen MR) is 140 cm³/mol. The van der Waals surface area contributed by atoms with E-state index in [-0.39, 0.29) is 16.9 Å². The number of nitrogens with one attached hydrogen (secondary N) is 3. The zero-order valence-corrected chi connectivity index (χ0v) is 20.0. The number of thiocarbonyl (C=S) groups is 1. The summed E-state index contributed by atoms with van der Waals surface area (Å²) < 4.78 is 5.66. The number of aryl methyl sites for hydroxylation is 1. The number of rotatable bonds is 10. The summed E-state index contributed by atoms with van der Waals surface area (Å²) in [6.07, 6.45) is 3.10. The number of carbonyl (C=O) groups excluding carboxylic acids is 2. The molecule has 0 spiro atoms. The second-order valence-electron chi connectivity index (χ2n) is 7.75. The van der Waals surface area contributed by atoms with Crippen LogP contribution in [-0.2, 0) is 11.2 Å². The second kappa shape index (κ2) is 13.1. The molecule has 0 unspecified atom stereocenters. The third-order valence-corrected chi connectivity index (χ3v) is 5.20. The van der Waals surface area contributed by atoms with Gasteiger partial charge in [-0.25, -0.2) is 0 Å². The molecule has 3 rings (SSSR count). The Kier molecular flexibility index (Phi) is 9.61. The molecular weight excluding hydrogens is 446 g/mol. The van der Waals surface area contributed by atoms with Gasteiger partial charge in [-0.15, -0.1) is 0 Å². The van der Waals surface area contributed by atoms with Gasteiger partial charge in [-0.2, -0.15) is 0 Å². The van der Waals surface area contributed by atoms with Crippen molar-refractivity contribution in [2.24, 2.45) is 0 Å². The lowest BCUT2D eigenvalue weighted by molar-refractivity contribution is -0.116. The Labute approximate surface area is 205 Å². The van der Waals surface area contributed by atoms with Gasteiger partial charge < -0.3 is 15.4 Å². The minimum absolute atomic E-state index is 0.0479. The summed E-state index contributed by atoms with van der Waals surface area (Å²) in [7, 11) is 0. The zero-order valence-electron chi connectivity index (χ0n) is 19.2. The summed E-state index contributed by atoms with van der Waals surface area (Å²) in [5, 5.41) is 8.73. The van der Waals surface area contributed by atoms with Gasteiger partial charge in [0.05, 0.1) is 6.61 Å². The summed E-state index contributed by atoms with van der Waals surface area (Å²) in [4.78, 5) is 24.7. The first kappa shape index (κ1) is 24.9. The maximum absolute atomic E-state index is 12.5. The van der Waals surface area contributed by atoms with E-state index in [1.54, 1.807) is 42.5 Å². The van der Waals surface area contributed by atoms with E-state index in [0.717, 1.165) is 18.4 Å². The first-order chi connectivity index (χ1) is 16.5. The number of carbonyl (C=O) groups is 2. The van der Waals surface area contributed by atoms with Crippen LogP contribution in [-0.4, -0.2) is 23.5 Å². The normalized spacial score (nSPS) is 10.3. The molecule has 0 radical (unpaired) electrons. The largest absolute Gasteiger partial charge is 0.494 e. The molecule has 0 saturated carbocycles. The third-order valence-electron chi connectivity index (χ3n) is 5.00. The number of hydrogen-bond donors (Lipinski definition) is 3. The fourth-order valence-electron chi connectivity index (χ4n) is 3.16. The summed E-state index contributed by atoms with van der Waals surface area (Å²) in [6.45, 7) is 2.71. The number of amides is 2. The lowest BCUT2D eigenvalue weighted by Crippen LogP contribution is -2.34. The molecule has 3 aromatic rings. The minimum Gasteiger partial charge on any atom is -0.494 e. The number of unbranched alkanes of at least 4 members (excludes halogenated alkanes) is 1. The Hall–Kier alpha value is -3.71. The molecule has 0 fully saturated rings. The second-order valence-corrected chi connectivity index (χ2v) is 8.16. The Morgan fingerprint density at radius 3 is 2.29 bits per heavy atom. The first-order valence-electron chi connectivity index (χ1n) is 11.3. The van der Waals surface area contributed by atoms with Crippen LogP contribution in [0.15, 0.2) is 78.9 Å². The van der Waals surface area contributed by atoms with E-state index in [0.29, 0.717) is 42.1 Å². The average Bonchev–Trinajstić information content (AvgIpc) is 2.85. The van der Waals surface area contributed by atoms with Crippen LogP contribution >= 0.6 is 12.2 Å². The van der Waals surface area contributed by atoms with E-state index in [1.807, 2.05) is 36.4 Å². The van der Waals surface area contributed by atoms with Crippen LogP contribution < -0.4 is 20.7 Å². The SMILES string of the molecule is CCCCOc1cccc(C(=O)NC(=S)Nc2ccc(NC(=O)CCc3ccccc3)cc2)c1. The monoisotopic (exact) mass is 475 g/mol. The van der Waals surface area contributed by atoms with Crippen molar-refractivity contribution in [3.05, 3.63) is 90.0 Å². The third kappa shape index (κ3) is 8.33. The number of anilines is 2. The maximum Gasteiger partial charge on any atom is 0.257 e. The van der Waals surface area contributed by atoms with E-state index in [4.69, 9.17) is 17.0 Å². The van der Waals surface area contributed by atoms with Crippen molar-refractivity contribution in [3.63, 3.8) is 0 Å². The molecule has 2 amide bonds. The summed E-state index contributed by atoms with van der Waals surface area (Å²) in [5.41, 5.74) is 2.98. The van der Waals surface area contributed by atoms with Crippen molar-refractivity contribution in [2.45, 2.75) is 32.6 Å². The molecule has 3 aromatic carbocycles. The molecule has 34 heavy (non-hydrogen) atoms. The van der Waals surface area contributed by atoms with Gasteiger partial charge in [0, 0.05) is 23.4 Å². The van der Waals surface area contributed by atoms with Crippen LogP contribution in [0.3, 0.4) is 0 Å². The standard InChI is InChI=1S/C27H29N3O3S/c1-2-3-18-33-24-11-7-10-21(19-24)26(32)30-27(34)29-23-15-13-22(14-16-23)28-25(31)17-12-20-8-5-4-6-9-20/h4-11,13-16,19H,2-3,12,17-18H2,1H3,(H,28,31)(H2,29,30,32,34). The highest BCUT2D eigenvalue weighted by atomic mass is 32.1. The smallest absolute Gasteiger partial charge is 0.257 e. The van der Waals surface area contributed by atoms with Crippen LogP contribution in [0.1, 0.15) is 42.1 Å². The van der Waals surface area contributed by atoms with Crippen LogP contribution in [0, 0.1) is 0 Å². The molecule has 0 aromatic heterocycles. The van der Waals surface area contributed by atoms with Crippen molar-refractivity contribution < 1.29 is 14.3 Å². The first-order valence-corrected chi connectivity index (χ1v) is 11.7. The molecule has 176 valence electrons. The molecule has 0 bridgehead atoms. The van der Waals surface area contributed by atoms with Gasteiger partial charge in [0.25, 0.3) is 5.91 Å². The van der Waals surface area contributed by atoms with Crippen LogP contribution in [0.5, 0.6) is 5.75 Å². The molecule has 0 atom stereocenters. The topological polar surface area (TPSA) is 79.5 Å². The average molecular weight is 476 g/mol. The van der Waals surface area contributed by atoms with Gasteiger partial charge in [0.1, 0.15) is 5.75 Å². The molecule has 0 aliphatic heterocycles. The van der Waals surface area contributed by atoms with Crippen molar-refractivity contribution >= 4 is 40.5 Å². The van der Waals surface area contributed by atoms with Gasteiger partial charge in [0.2, 0.25) is 5.91 Å². The molecule has 0 aliphatic carbocycles. The van der Waals surface area contributed by atoms with Gasteiger partial charge in [0.15, 0.2) is 5.11 Å². The highest BCUT2D eigenvalue weighted by Gasteiger charge is 2.10. The fraction of sp³-hybridized carbons (Fsp3) is 0.222. The molecule has 7 heteroatoms. The lowest BCUT2D eigenvalue weighted by Gasteiger charge is -2.11. The van der Waals surface area contributed by atoms with Crippen LogP contribution in [0.25, 0.3) is 0 Å². The minimum atomic E-state index is -0.319. The highest BCUT2D eigenvalue weighted by Crippen LogP contribution is 2.16. The van der Waals surface area contributed by atoms with E-state index >= 15 is 0 Å². The molecule has 3 N–H and O–H groups in total. The molecule has 0 aliphatic rings. The van der Waals surface area contributed by atoms with Crippen molar-refractivity contribution in [1.29, 1.82) is 0 Å². The summed E-state index contributed by atoms with van der Waals surface area (Å²) in [5.74, 6) is 0.287. The van der Waals surface area contributed by atoms with Crippen molar-refractivity contribution in [1.82, 2.24) is 5.32 Å². The van der Waals surface area contributed by atoms with Gasteiger partial charge in [-0.3, -0.25) is 14.9 Å². The van der Waals surface area contributed by atoms with Gasteiger partial charge >= 0.3 is 0 Å². The van der Waals surface area contributed by atoms with Crippen LogP contribution in [0.2, 0.25) is 0 Å². The molecule has 0 heterocycles. The summed E-state index contributed by atoms with van der Waals surface area (Å²) in [6, 6.07) is 24.0. The maximum atomic E-state index is 12.5. The zero-order chi connectivity index (χ0) is 24.2. The molecular formula is C27H29N3O3S. The van der Waals surface area contributed by atoms with E-state index in [9.17, 15) is 9.59 Å². The van der Waals surface area contributed by atoms with E-state index < -0.39 is 0 Å². The lowest BCUT2D eigenvalue weighted by atomic mass is 10.1. The van der Waals surface area contributed by atoms with Gasteiger partial charge in [-0.1, -0.05) is 49.7 Å². The van der Waals surface area contributed by atoms with Crippen molar-refractivity contribution in [2.75, 3.05) is 17.2 Å². The Morgan fingerprint density at radius 1 is 0.882 bits per heavy atom. The Morgan fingerprint density at radius 2 is 1.59 bits per heavy atom. The van der Waals surface area contributed by atoms with Gasteiger partial charge in [-0.05, 0) is 73.1 Å². The number of hydrogen-bond acceptors (Lipinski definition) is 4. The number of ether oxygens (including phenoxy) is 1. The predicted octanol–water partition coefficient (Wildman–Crippen LogP) is 5.56. The van der Waals surface area contributed by atoms with E-state index in [1.165, 1.54) is 0 Å². The molecule has 0 saturated heterocycles. The van der Waals surface area contributed by atoms with Crippen molar-refractivity contribution in [3.8, 4) is 5.75 Å². The Bertz CT molecular complexity index is 1100. The number of benzene rings is 3. The Balaban J connectivity index is 1.45.